The molecule has 4 fully saturated rings. The fourth-order valence-corrected chi connectivity index (χ4v) is 9.07. The first kappa shape index (κ1) is 43.0. The van der Waals surface area contributed by atoms with Crippen molar-refractivity contribution in [1.82, 2.24) is 30.7 Å². The molecule has 16 heteroatoms. The predicted molar refractivity (Wildman–Crippen MR) is 223 cm³/mol. The lowest BCUT2D eigenvalue weighted by Gasteiger charge is -2.39. The van der Waals surface area contributed by atoms with E-state index in [0.29, 0.717) is 57.2 Å². The van der Waals surface area contributed by atoms with Gasteiger partial charge in [0, 0.05) is 41.7 Å². The second-order valence-electron chi connectivity index (χ2n) is 16.4. The summed E-state index contributed by atoms with van der Waals surface area (Å²) >= 11 is 2.15. The molecule has 2 aromatic rings. The van der Waals surface area contributed by atoms with Gasteiger partial charge < -0.3 is 41.1 Å². The number of anilines is 1. The summed E-state index contributed by atoms with van der Waals surface area (Å²) in [5, 5.41) is 21.8. The summed E-state index contributed by atoms with van der Waals surface area (Å²) in [7, 11) is 0. The maximum Gasteiger partial charge on any atom is 0.319 e. The van der Waals surface area contributed by atoms with Gasteiger partial charge in [-0.1, -0.05) is 36.8 Å². The fraction of sp³-hybridized carbons (Fsp3) is 0.548. The van der Waals surface area contributed by atoms with Gasteiger partial charge in [-0.15, -0.1) is 0 Å². The van der Waals surface area contributed by atoms with E-state index < -0.39 is 71.5 Å². The molecule has 7 amide bonds. The summed E-state index contributed by atoms with van der Waals surface area (Å²) in [6.45, 7) is 7.81. The van der Waals surface area contributed by atoms with Gasteiger partial charge in [0.05, 0.1) is 6.10 Å². The second-order valence-corrected chi connectivity index (χ2v) is 17.7. The Bertz CT molecular complexity index is 1930. The molecule has 5 N–H and O–H groups in total. The molecule has 4 aliphatic rings. The number of carbonyl (C=O) groups is 7. The molecular weight excluding hydrogens is 857 g/mol. The Labute approximate surface area is 352 Å². The van der Waals surface area contributed by atoms with Crippen molar-refractivity contribution < 1.29 is 38.7 Å². The molecule has 312 valence electrons. The molecule has 3 aliphatic heterocycles. The van der Waals surface area contributed by atoms with Crippen LogP contribution in [0.5, 0.6) is 0 Å². The van der Waals surface area contributed by atoms with Gasteiger partial charge in [-0.2, -0.15) is 0 Å². The molecule has 6 rings (SSSR count). The van der Waals surface area contributed by atoms with Crippen LogP contribution < -0.4 is 21.3 Å². The Morgan fingerprint density at radius 3 is 2.26 bits per heavy atom. The van der Waals surface area contributed by atoms with E-state index in [4.69, 9.17) is 0 Å². The van der Waals surface area contributed by atoms with Crippen LogP contribution in [0.25, 0.3) is 0 Å². The van der Waals surface area contributed by atoms with Gasteiger partial charge in [-0.05, 0) is 118 Å². The number of carbonyl (C=O) groups excluding carboxylic acids is 7. The van der Waals surface area contributed by atoms with Crippen LogP contribution in [0.1, 0.15) is 76.8 Å². The zero-order valence-electron chi connectivity index (χ0n) is 33.5. The topological polar surface area (TPSA) is 198 Å². The molecule has 58 heavy (non-hydrogen) atoms. The number of piperidine rings is 1. The lowest BCUT2D eigenvalue weighted by molar-refractivity contribution is -0.152. The summed E-state index contributed by atoms with van der Waals surface area (Å²) in [6.07, 6.45) is 2.23. The lowest BCUT2D eigenvalue weighted by atomic mass is 9.99. The Morgan fingerprint density at radius 1 is 0.897 bits per heavy atom. The zero-order valence-corrected chi connectivity index (χ0v) is 35.6. The third-order valence-corrected chi connectivity index (χ3v) is 12.5. The highest BCUT2D eigenvalue weighted by molar-refractivity contribution is 14.1. The number of hydrogen-bond donors (Lipinski definition) is 5. The minimum absolute atomic E-state index is 0.0423. The van der Waals surface area contributed by atoms with Crippen LogP contribution in [0, 0.1) is 16.4 Å². The molecule has 1 saturated carbocycles. The standard InChI is InChI=1S/C42H54IN7O8/c1-24-9-7-10-28(19-24)20-31(46-41(58)45-30-15-13-29(43)14-16-30)36(53)47-35(27(4)51)40(57)49-18-8-12-33(49)39(56)48-17-6-5-11-32(48)37(54)44-26(3)38(55)50-23-25(2)21-42(50)22-34(42)52/h7,9-10,13-16,19,25-27,31-33,35,51H,5-6,8,11-12,17-18,20-23H2,1-4H3,(H,44,54)(H,47,53)(H2,45,46,58)/t25-,26-,27-,31-,32-,33-,35-,42-/m0/s1. The zero-order chi connectivity index (χ0) is 41.9. The summed E-state index contributed by atoms with van der Waals surface area (Å²) in [5.41, 5.74) is 1.50. The molecule has 3 heterocycles. The lowest BCUT2D eigenvalue weighted by Crippen LogP contribution is -2.62. The average Bonchev–Trinajstić information content (AvgIpc) is 3.46. The minimum atomic E-state index is -1.44. The first-order valence-corrected chi connectivity index (χ1v) is 21.3. The van der Waals surface area contributed by atoms with Crippen molar-refractivity contribution in [2.45, 2.75) is 121 Å². The average molecular weight is 912 g/mol. The van der Waals surface area contributed by atoms with Crippen molar-refractivity contribution in [3.05, 3.63) is 63.2 Å². The molecule has 3 saturated heterocycles. The molecule has 0 bridgehead atoms. The van der Waals surface area contributed by atoms with E-state index in [9.17, 15) is 38.7 Å². The van der Waals surface area contributed by atoms with Gasteiger partial charge >= 0.3 is 6.03 Å². The number of hydrogen-bond acceptors (Lipinski definition) is 8. The number of nitrogens with one attached hydrogen (secondary N) is 4. The van der Waals surface area contributed by atoms with Crippen LogP contribution in [0.3, 0.4) is 0 Å². The van der Waals surface area contributed by atoms with E-state index in [1.165, 1.54) is 16.7 Å². The molecule has 8 atom stereocenters. The van der Waals surface area contributed by atoms with E-state index in [0.717, 1.165) is 14.7 Å². The first-order valence-electron chi connectivity index (χ1n) is 20.2. The van der Waals surface area contributed by atoms with Crippen molar-refractivity contribution in [3.63, 3.8) is 0 Å². The van der Waals surface area contributed by atoms with Gasteiger partial charge in [0.1, 0.15) is 35.7 Å². The summed E-state index contributed by atoms with van der Waals surface area (Å²) in [5.74, 6) is -2.34. The van der Waals surface area contributed by atoms with E-state index in [1.54, 1.807) is 24.0 Å². The number of aryl methyl sites for hydroxylation is 1. The fourth-order valence-electron chi connectivity index (χ4n) is 8.71. The van der Waals surface area contributed by atoms with Gasteiger partial charge in [-0.25, -0.2) is 4.79 Å². The van der Waals surface area contributed by atoms with Crippen LogP contribution in [0.2, 0.25) is 0 Å². The van der Waals surface area contributed by atoms with Crippen molar-refractivity contribution in [2.24, 2.45) is 5.92 Å². The van der Waals surface area contributed by atoms with E-state index in [-0.39, 0.29) is 37.1 Å². The number of rotatable bonds is 12. The number of nitrogens with zero attached hydrogens (tertiary/aromatic N) is 3. The Hall–Kier alpha value is -4.58. The van der Waals surface area contributed by atoms with Gasteiger partial charge in [0.2, 0.25) is 29.5 Å². The summed E-state index contributed by atoms with van der Waals surface area (Å²) < 4.78 is 0.981. The maximum atomic E-state index is 14.3. The molecular formula is C42H54IN7O8. The summed E-state index contributed by atoms with van der Waals surface area (Å²) in [6, 6.07) is 8.68. The maximum absolute atomic E-state index is 14.3. The molecule has 0 unspecified atom stereocenters. The van der Waals surface area contributed by atoms with Gasteiger partial charge in [-0.3, -0.25) is 28.8 Å². The Balaban J connectivity index is 1.13. The largest absolute Gasteiger partial charge is 0.391 e. The van der Waals surface area contributed by atoms with Crippen molar-refractivity contribution >= 4 is 69.6 Å². The second kappa shape index (κ2) is 18.1. The van der Waals surface area contributed by atoms with Crippen molar-refractivity contribution in [2.75, 3.05) is 25.0 Å². The SMILES string of the molecule is Cc1cccc(C[C@H](NC(=O)Nc2ccc(I)cc2)C(=O)N[C@H](C(=O)N2CCC[C@H]2C(=O)N2CCCC[C@H]2C(=O)N[C@@H](C)C(=O)N2C[C@@H](C)C[C@@]23CC3=O)[C@H](C)O)c1. The molecule has 0 aromatic heterocycles. The molecule has 1 aliphatic carbocycles. The third-order valence-electron chi connectivity index (χ3n) is 11.7. The third kappa shape index (κ3) is 9.64. The highest BCUT2D eigenvalue weighted by Crippen LogP contribution is 2.48. The number of likely N-dealkylation sites (tertiary alicyclic amines) is 3. The number of aliphatic hydroxyl groups is 1. The van der Waals surface area contributed by atoms with Crippen molar-refractivity contribution in [1.29, 1.82) is 0 Å². The quantitative estimate of drug-likeness (QED) is 0.201. The highest BCUT2D eigenvalue weighted by atomic mass is 127. The molecule has 15 nitrogen and oxygen atoms in total. The molecule has 1 spiro atoms. The number of amides is 7. The number of Topliss-reactive ketones (excluding diaryl/α,β-unsaturated/α-hetero) is 1. The van der Waals surface area contributed by atoms with E-state index >= 15 is 0 Å². The minimum Gasteiger partial charge on any atom is -0.391 e. The highest BCUT2D eigenvalue weighted by Gasteiger charge is 2.63. The van der Waals surface area contributed by atoms with Gasteiger partial charge in [0.15, 0.2) is 5.78 Å². The number of benzene rings is 2. The normalized spacial score (nSPS) is 24.8. The monoisotopic (exact) mass is 911 g/mol. The van der Waals surface area contributed by atoms with E-state index in [2.05, 4.69) is 43.9 Å². The summed E-state index contributed by atoms with van der Waals surface area (Å²) in [4.78, 5) is 99.7. The van der Waals surface area contributed by atoms with Crippen LogP contribution in [-0.2, 0) is 35.2 Å². The van der Waals surface area contributed by atoms with Crippen molar-refractivity contribution in [3.8, 4) is 0 Å². The first-order chi connectivity index (χ1) is 27.6. The number of urea groups is 1. The number of halogens is 1. The van der Waals surface area contributed by atoms with Crippen LogP contribution in [0.15, 0.2) is 48.5 Å². The van der Waals surface area contributed by atoms with Crippen LogP contribution in [-0.4, -0.2) is 123 Å². The van der Waals surface area contributed by atoms with E-state index in [1.807, 2.05) is 50.2 Å². The molecule has 0 radical (unpaired) electrons. The Morgan fingerprint density at radius 2 is 1.59 bits per heavy atom. The Kier molecular flexibility index (Phi) is 13.4. The molecule has 2 aromatic carbocycles. The number of ketones is 1. The smallest absolute Gasteiger partial charge is 0.319 e. The number of aliphatic hydroxyl groups excluding tert-OH is 1. The van der Waals surface area contributed by atoms with Crippen LogP contribution >= 0.6 is 22.6 Å². The predicted octanol–water partition coefficient (Wildman–Crippen LogP) is 2.65. The van der Waals surface area contributed by atoms with Crippen LogP contribution in [0.4, 0.5) is 10.5 Å². The van der Waals surface area contributed by atoms with Gasteiger partial charge in [0.25, 0.3) is 0 Å².